The lowest BCUT2D eigenvalue weighted by molar-refractivity contribution is 0.345. The van der Waals surface area contributed by atoms with E-state index in [1.54, 1.807) is 0 Å². The van der Waals surface area contributed by atoms with E-state index in [9.17, 15) is 0 Å². The SMILES string of the molecule is CSC1(CNCc2cccc3c2NCCC3)CCC1. The highest BCUT2D eigenvalue weighted by atomic mass is 32.2. The van der Waals surface area contributed by atoms with Crippen molar-refractivity contribution in [1.82, 2.24) is 5.32 Å². The molecule has 1 heterocycles. The number of para-hydroxylation sites is 1. The highest BCUT2D eigenvalue weighted by molar-refractivity contribution is 8.00. The molecule has 0 spiro atoms. The molecule has 0 bridgehead atoms. The van der Waals surface area contributed by atoms with Crippen molar-refractivity contribution in [3.05, 3.63) is 29.3 Å². The van der Waals surface area contributed by atoms with E-state index in [1.165, 1.54) is 48.9 Å². The van der Waals surface area contributed by atoms with Gasteiger partial charge in [0.1, 0.15) is 0 Å². The molecule has 2 N–H and O–H groups in total. The van der Waals surface area contributed by atoms with Gasteiger partial charge in [-0.15, -0.1) is 0 Å². The topological polar surface area (TPSA) is 24.1 Å². The highest BCUT2D eigenvalue weighted by Gasteiger charge is 2.35. The number of benzene rings is 1. The van der Waals surface area contributed by atoms with Crippen molar-refractivity contribution in [2.24, 2.45) is 0 Å². The fourth-order valence-electron chi connectivity index (χ4n) is 3.18. The third-order valence-corrected chi connectivity index (χ3v) is 6.04. The zero-order chi connectivity index (χ0) is 13.1. The monoisotopic (exact) mass is 276 g/mol. The summed E-state index contributed by atoms with van der Waals surface area (Å²) in [6, 6.07) is 6.73. The number of hydrogen-bond acceptors (Lipinski definition) is 3. The Morgan fingerprint density at radius 1 is 1.32 bits per heavy atom. The van der Waals surface area contributed by atoms with E-state index >= 15 is 0 Å². The largest absolute Gasteiger partial charge is 0.385 e. The average Bonchev–Trinajstić information content (AvgIpc) is 2.42. The first-order valence-electron chi connectivity index (χ1n) is 7.43. The number of thioether (sulfide) groups is 1. The lowest BCUT2D eigenvalue weighted by Gasteiger charge is -2.40. The number of rotatable bonds is 5. The molecule has 1 aromatic carbocycles. The Labute approximate surface area is 120 Å². The smallest absolute Gasteiger partial charge is 0.0418 e. The summed E-state index contributed by atoms with van der Waals surface area (Å²) < 4.78 is 0.530. The van der Waals surface area contributed by atoms with Crippen LogP contribution in [0.1, 0.15) is 36.8 Å². The van der Waals surface area contributed by atoms with Crippen LogP contribution >= 0.6 is 11.8 Å². The van der Waals surface area contributed by atoms with Gasteiger partial charge in [0.25, 0.3) is 0 Å². The molecule has 1 fully saturated rings. The fraction of sp³-hybridized carbons (Fsp3) is 0.625. The summed E-state index contributed by atoms with van der Waals surface area (Å²) in [5.74, 6) is 0. The van der Waals surface area contributed by atoms with Crippen molar-refractivity contribution in [3.63, 3.8) is 0 Å². The Morgan fingerprint density at radius 2 is 2.21 bits per heavy atom. The summed E-state index contributed by atoms with van der Waals surface area (Å²) in [5.41, 5.74) is 4.33. The van der Waals surface area contributed by atoms with Gasteiger partial charge >= 0.3 is 0 Å². The minimum atomic E-state index is 0.530. The molecule has 1 aliphatic heterocycles. The van der Waals surface area contributed by atoms with E-state index in [1.807, 2.05) is 11.8 Å². The van der Waals surface area contributed by atoms with Crippen LogP contribution in [-0.2, 0) is 13.0 Å². The van der Waals surface area contributed by atoms with E-state index in [0.717, 1.165) is 19.6 Å². The quantitative estimate of drug-likeness (QED) is 0.861. The first kappa shape index (κ1) is 13.3. The van der Waals surface area contributed by atoms with Gasteiger partial charge in [-0.05, 0) is 43.1 Å². The Hall–Kier alpha value is -0.670. The van der Waals surface area contributed by atoms with Crippen LogP contribution in [0, 0.1) is 0 Å². The van der Waals surface area contributed by atoms with Gasteiger partial charge in [-0.3, -0.25) is 0 Å². The second-order valence-electron chi connectivity index (χ2n) is 5.83. The van der Waals surface area contributed by atoms with E-state index < -0.39 is 0 Å². The normalized spacial score (nSPS) is 20.3. The van der Waals surface area contributed by atoms with Gasteiger partial charge in [0, 0.05) is 30.1 Å². The molecule has 0 saturated heterocycles. The second kappa shape index (κ2) is 5.76. The predicted octanol–water partition coefficient (Wildman–Crippen LogP) is 3.42. The molecule has 104 valence electrons. The summed E-state index contributed by atoms with van der Waals surface area (Å²) in [7, 11) is 0. The van der Waals surface area contributed by atoms with Crippen LogP contribution in [0.5, 0.6) is 0 Å². The zero-order valence-electron chi connectivity index (χ0n) is 11.8. The van der Waals surface area contributed by atoms with E-state index in [0.29, 0.717) is 4.75 Å². The van der Waals surface area contributed by atoms with Crippen LogP contribution in [-0.4, -0.2) is 24.1 Å². The first-order valence-corrected chi connectivity index (χ1v) is 8.66. The van der Waals surface area contributed by atoms with Crippen LogP contribution in [0.2, 0.25) is 0 Å². The third kappa shape index (κ3) is 2.77. The Balaban J connectivity index is 1.61. The van der Waals surface area contributed by atoms with Crippen molar-refractivity contribution in [2.45, 2.75) is 43.4 Å². The molecule has 1 aromatic rings. The van der Waals surface area contributed by atoms with Crippen LogP contribution < -0.4 is 10.6 Å². The lowest BCUT2D eigenvalue weighted by Crippen LogP contribution is -2.43. The van der Waals surface area contributed by atoms with E-state index in [4.69, 9.17) is 0 Å². The second-order valence-corrected chi connectivity index (χ2v) is 7.10. The van der Waals surface area contributed by atoms with Gasteiger partial charge in [0.05, 0.1) is 0 Å². The average molecular weight is 276 g/mol. The van der Waals surface area contributed by atoms with Gasteiger partial charge in [0.2, 0.25) is 0 Å². The van der Waals surface area contributed by atoms with Gasteiger partial charge < -0.3 is 10.6 Å². The molecular weight excluding hydrogens is 252 g/mol. The van der Waals surface area contributed by atoms with Crippen molar-refractivity contribution in [2.75, 3.05) is 24.7 Å². The summed E-state index contributed by atoms with van der Waals surface area (Å²) >= 11 is 2.04. The van der Waals surface area contributed by atoms with Gasteiger partial charge in [-0.1, -0.05) is 24.6 Å². The molecule has 19 heavy (non-hydrogen) atoms. The molecule has 0 unspecified atom stereocenters. The molecular formula is C16H24N2S. The Kier molecular flexibility index (Phi) is 4.04. The van der Waals surface area contributed by atoms with Crippen molar-refractivity contribution < 1.29 is 0 Å². The maximum Gasteiger partial charge on any atom is 0.0418 e. The third-order valence-electron chi connectivity index (χ3n) is 4.62. The number of hydrogen-bond donors (Lipinski definition) is 2. The fourth-order valence-corrected chi connectivity index (χ4v) is 4.12. The maximum atomic E-state index is 3.68. The minimum Gasteiger partial charge on any atom is -0.385 e. The number of anilines is 1. The van der Waals surface area contributed by atoms with Crippen LogP contribution in [0.15, 0.2) is 18.2 Å². The Morgan fingerprint density at radius 3 is 2.95 bits per heavy atom. The van der Waals surface area contributed by atoms with Gasteiger partial charge in [-0.25, -0.2) is 0 Å². The van der Waals surface area contributed by atoms with Crippen molar-refractivity contribution in [1.29, 1.82) is 0 Å². The molecule has 1 saturated carbocycles. The summed E-state index contributed by atoms with van der Waals surface area (Å²) in [4.78, 5) is 0. The summed E-state index contributed by atoms with van der Waals surface area (Å²) in [5, 5.41) is 7.26. The standard InChI is InChI=1S/C16H24N2S/c1-19-16(8-4-9-16)12-17-11-14-6-2-5-13-7-3-10-18-15(13)14/h2,5-6,17-18H,3-4,7-12H2,1H3. The van der Waals surface area contributed by atoms with Gasteiger partial charge in [-0.2, -0.15) is 11.8 Å². The van der Waals surface area contributed by atoms with E-state index in [-0.39, 0.29) is 0 Å². The predicted molar refractivity (Wildman–Crippen MR) is 85.1 cm³/mol. The molecule has 0 aromatic heterocycles. The van der Waals surface area contributed by atoms with E-state index in [2.05, 4.69) is 35.1 Å². The van der Waals surface area contributed by atoms with Crippen molar-refractivity contribution in [3.8, 4) is 0 Å². The van der Waals surface area contributed by atoms with Crippen LogP contribution in [0.4, 0.5) is 5.69 Å². The molecule has 3 rings (SSSR count). The molecule has 0 radical (unpaired) electrons. The van der Waals surface area contributed by atoms with Crippen molar-refractivity contribution >= 4 is 17.4 Å². The maximum absolute atomic E-state index is 3.68. The molecule has 0 atom stereocenters. The molecule has 2 nitrogen and oxygen atoms in total. The van der Waals surface area contributed by atoms with Crippen LogP contribution in [0.3, 0.4) is 0 Å². The Bertz CT molecular complexity index is 435. The molecule has 3 heteroatoms. The first-order chi connectivity index (χ1) is 9.33. The molecule has 2 aliphatic rings. The zero-order valence-corrected chi connectivity index (χ0v) is 12.6. The number of nitrogens with one attached hydrogen (secondary N) is 2. The highest BCUT2D eigenvalue weighted by Crippen LogP contribution is 2.42. The minimum absolute atomic E-state index is 0.530. The summed E-state index contributed by atoms with van der Waals surface area (Å²) in [6.45, 7) is 3.27. The molecule has 1 aliphatic carbocycles. The number of fused-ring (bicyclic) bond motifs is 1. The van der Waals surface area contributed by atoms with Crippen LogP contribution in [0.25, 0.3) is 0 Å². The summed E-state index contributed by atoms with van der Waals surface area (Å²) in [6.07, 6.45) is 8.92. The number of aryl methyl sites for hydroxylation is 1. The lowest BCUT2D eigenvalue weighted by atomic mass is 9.84. The van der Waals surface area contributed by atoms with Gasteiger partial charge in [0.15, 0.2) is 0 Å². The molecule has 0 amide bonds.